The lowest BCUT2D eigenvalue weighted by Gasteiger charge is -2.35. The molecule has 3 aromatic rings. The van der Waals surface area contributed by atoms with E-state index in [-0.39, 0.29) is 31.7 Å². The average Bonchev–Trinajstić information content (AvgIpc) is 2.77. The highest BCUT2D eigenvalue weighted by Gasteiger charge is 2.35. The molecule has 12 nitrogen and oxygen atoms in total. The molecule has 1 aromatic heterocycles. The predicted octanol–water partition coefficient (Wildman–Crippen LogP) is 2.51. The quantitative estimate of drug-likeness (QED) is 0.419. The smallest absolute Gasteiger partial charge is 0.296 e. The van der Waals surface area contributed by atoms with Crippen molar-refractivity contribution in [2.45, 2.75) is 4.90 Å². The zero-order valence-electron chi connectivity index (χ0n) is 16.8. The molecule has 1 aliphatic heterocycles. The largest absolute Gasteiger partial charge is 0.368 e. The fourth-order valence-electron chi connectivity index (χ4n) is 3.76. The Morgan fingerprint density at radius 2 is 1.64 bits per heavy atom. The van der Waals surface area contributed by atoms with Gasteiger partial charge in [-0.25, -0.2) is 8.42 Å². The van der Waals surface area contributed by atoms with Gasteiger partial charge in [0.2, 0.25) is 15.6 Å². The van der Waals surface area contributed by atoms with Gasteiger partial charge in [0.05, 0.1) is 27.1 Å². The van der Waals surface area contributed by atoms with E-state index >= 15 is 0 Å². The van der Waals surface area contributed by atoms with Gasteiger partial charge >= 0.3 is 0 Å². The number of aromatic amines is 1. The first-order chi connectivity index (χ1) is 15.6. The zero-order chi connectivity index (χ0) is 23.9. The minimum absolute atomic E-state index is 0.00163. The molecule has 0 saturated carbocycles. The molecular formula is C19H16ClN5O7S. The van der Waals surface area contributed by atoms with Crippen LogP contribution in [0.2, 0.25) is 5.02 Å². The fraction of sp³-hybridized carbons (Fsp3) is 0.211. The van der Waals surface area contributed by atoms with Crippen LogP contribution < -0.4 is 10.5 Å². The van der Waals surface area contributed by atoms with E-state index in [9.17, 15) is 33.4 Å². The maximum atomic E-state index is 13.1. The topological polar surface area (TPSA) is 160 Å². The molecular weight excluding hydrogens is 478 g/mol. The number of non-ortho nitro benzene ring substituents is 1. The Hall–Kier alpha value is -3.55. The number of H-pyrrole nitrogens is 1. The van der Waals surface area contributed by atoms with Crippen molar-refractivity contribution in [2.75, 3.05) is 31.1 Å². The van der Waals surface area contributed by atoms with Gasteiger partial charge in [-0.15, -0.1) is 0 Å². The monoisotopic (exact) mass is 493 g/mol. The van der Waals surface area contributed by atoms with Crippen LogP contribution in [0.1, 0.15) is 0 Å². The first-order valence-electron chi connectivity index (χ1n) is 9.58. The Kier molecular flexibility index (Phi) is 5.78. The van der Waals surface area contributed by atoms with Crippen LogP contribution in [0.3, 0.4) is 0 Å². The Morgan fingerprint density at radius 1 is 0.939 bits per heavy atom. The summed E-state index contributed by atoms with van der Waals surface area (Å²) >= 11 is 6.00. The number of benzene rings is 2. The van der Waals surface area contributed by atoms with Crippen LogP contribution in [0.4, 0.5) is 17.1 Å². The molecule has 0 spiro atoms. The molecule has 0 atom stereocenters. The molecule has 1 saturated heterocycles. The van der Waals surface area contributed by atoms with Gasteiger partial charge < -0.3 is 9.88 Å². The lowest BCUT2D eigenvalue weighted by Crippen LogP contribution is -2.49. The second-order valence-electron chi connectivity index (χ2n) is 7.27. The van der Waals surface area contributed by atoms with E-state index in [2.05, 4.69) is 4.98 Å². The number of hydrogen-bond donors (Lipinski definition) is 1. The van der Waals surface area contributed by atoms with E-state index in [1.54, 1.807) is 18.2 Å². The Labute approximate surface area is 191 Å². The standard InChI is InChI=1S/C19H16ClN5O7S/c20-12-1-3-14-15(9-12)21-19(26)11-16(14)22-5-7-23(8-6-22)33(31,32)18-4-2-13(24(27)28)10-17(18)25(29)30/h1-4,9-11H,5-8H2,(H,21,26). The van der Waals surface area contributed by atoms with Crippen LogP contribution in [0.5, 0.6) is 0 Å². The van der Waals surface area contributed by atoms with Gasteiger partial charge in [-0.2, -0.15) is 4.31 Å². The SMILES string of the molecule is O=c1cc(N2CCN(S(=O)(=O)c3ccc([N+](=O)[O-])cc3[N+](=O)[O-])CC2)c2ccc(Cl)cc2[nH]1. The lowest BCUT2D eigenvalue weighted by molar-refractivity contribution is -0.396. The molecule has 4 rings (SSSR count). The summed E-state index contributed by atoms with van der Waals surface area (Å²) in [5.74, 6) is 0. The minimum Gasteiger partial charge on any atom is -0.368 e. The molecule has 1 aliphatic rings. The van der Waals surface area contributed by atoms with E-state index in [4.69, 9.17) is 11.6 Å². The number of anilines is 1. The van der Waals surface area contributed by atoms with E-state index in [1.165, 1.54) is 6.07 Å². The van der Waals surface area contributed by atoms with Crippen molar-refractivity contribution in [2.24, 2.45) is 0 Å². The predicted molar refractivity (Wildman–Crippen MR) is 120 cm³/mol. The van der Waals surface area contributed by atoms with E-state index < -0.39 is 36.1 Å². The second-order valence-corrected chi connectivity index (χ2v) is 9.61. The van der Waals surface area contributed by atoms with E-state index in [0.29, 0.717) is 22.3 Å². The van der Waals surface area contributed by atoms with E-state index in [0.717, 1.165) is 21.8 Å². The van der Waals surface area contributed by atoms with Crippen LogP contribution in [0.25, 0.3) is 10.9 Å². The van der Waals surface area contributed by atoms with Crippen molar-refractivity contribution < 1.29 is 18.3 Å². The molecule has 1 N–H and O–H groups in total. The first kappa shape index (κ1) is 22.6. The Morgan fingerprint density at radius 3 is 2.27 bits per heavy atom. The summed E-state index contributed by atoms with van der Waals surface area (Å²) in [6, 6.07) is 8.91. The van der Waals surface area contributed by atoms with Crippen LogP contribution in [-0.2, 0) is 10.0 Å². The molecule has 0 bridgehead atoms. The zero-order valence-corrected chi connectivity index (χ0v) is 18.4. The van der Waals surface area contributed by atoms with Gasteiger partial charge in [0.15, 0.2) is 4.90 Å². The summed E-state index contributed by atoms with van der Waals surface area (Å²) in [6.07, 6.45) is 0. The Balaban J connectivity index is 1.62. The third kappa shape index (κ3) is 4.25. The first-order valence-corrected chi connectivity index (χ1v) is 11.4. The number of nitrogens with one attached hydrogen (secondary N) is 1. The molecule has 1 fully saturated rings. The Bertz CT molecular complexity index is 1450. The number of halogens is 1. The molecule has 0 unspecified atom stereocenters. The molecule has 2 heterocycles. The minimum atomic E-state index is -4.29. The van der Waals surface area contributed by atoms with Gasteiger partial charge in [-0.3, -0.25) is 25.0 Å². The summed E-state index contributed by atoms with van der Waals surface area (Å²) in [5.41, 5.74) is -0.613. The van der Waals surface area contributed by atoms with E-state index in [1.807, 2.05) is 4.90 Å². The normalized spacial score (nSPS) is 15.0. The maximum Gasteiger partial charge on any atom is 0.296 e. The number of piperazine rings is 1. The van der Waals surface area contributed by atoms with Crippen molar-refractivity contribution >= 4 is 49.6 Å². The van der Waals surface area contributed by atoms with Gasteiger partial charge in [0, 0.05) is 48.7 Å². The number of aromatic nitrogens is 1. The number of fused-ring (bicyclic) bond motifs is 1. The van der Waals surface area contributed by atoms with Gasteiger partial charge in [0.25, 0.3) is 11.4 Å². The van der Waals surface area contributed by atoms with Crippen molar-refractivity contribution in [3.05, 3.63) is 78.1 Å². The molecule has 0 aliphatic carbocycles. The molecule has 33 heavy (non-hydrogen) atoms. The highest BCUT2D eigenvalue weighted by Crippen LogP contribution is 2.32. The summed E-state index contributed by atoms with van der Waals surface area (Å²) in [5, 5.41) is 23.5. The lowest BCUT2D eigenvalue weighted by atomic mass is 10.1. The molecule has 172 valence electrons. The van der Waals surface area contributed by atoms with Crippen molar-refractivity contribution in [1.29, 1.82) is 0 Å². The average molecular weight is 494 g/mol. The van der Waals surface area contributed by atoms with Crippen LogP contribution >= 0.6 is 11.6 Å². The number of rotatable bonds is 5. The third-order valence-corrected chi connectivity index (χ3v) is 7.51. The number of nitrogens with zero attached hydrogens (tertiary/aromatic N) is 4. The molecule has 0 radical (unpaired) electrons. The van der Waals surface area contributed by atoms with Crippen molar-refractivity contribution in [3.63, 3.8) is 0 Å². The number of pyridine rings is 1. The fourth-order valence-corrected chi connectivity index (χ4v) is 5.50. The summed E-state index contributed by atoms with van der Waals surface area (Å²) in [4.78, 5) is 36.6. The number of sulfonamides is 1. The second kappa shape index (κ2) is 8.42. The van der Waals surface area contributed by atoms with Gasteiger partial charge in [-0.05, 0) is 24.3 Å². The van der Waals surface area contributed by atoms with Crippen LogP contribution in [-0.4, -0.2) is 53.7 Å². The van der Waals surface area contributed by atoms with Gasteiger partial charge in [-0.1, -0.05) is 11.6 Å². The van der Waals surface area contributed by atoms with Crippen molar-refractivity contribution in [3.8, 4) is 0 Å². The van der Waals surface area contributed by atoms with Crippen molar-refractivity contribution in [1.82, 2.24) is 9.29 Å². The highest BCUT2D eigenvalue weighted by molar-refractivity contribution is 7.89. The number of hydrogen-bond acceptors (Lipinski definition) is 8. The highest BCUT2D eigenvalue weighted by atomic mass is 35.5. The molecule has 0 amide bonds. The summed E-state index contributed by atoms with van der Waals surface area (Å²) in [6.45, 7) is 0.444. The van der Waals surface area contributed by atoms with Gasteiger partial charge in [0.1, 0.15) is 0 Å². The molecule has 14 heteroatoms. The summed E-state index contributed by atoms with van der Waals surface area (Å²) in [7, 11) is -4.29. The third-order valence-electron chi connectivity index (χ3n) is 5.33. The number of nitro benzene ring substituents is 2. The number of nitro groups is 2. The molecule has 2 aromatic carbocycles. The van der Waals surface area contributed by atoms with Crippen LogP contribution in [0.15, 0.2) is 52.2 Å². The maximum absolute atomic E-state index is 13.1. The summed E-state index contributed by atoms with van der Waals surface area (Å²) < 4.78 is 27.3. The van der Waals surface area contributed by atoms with Crippen LogP contribution in [0, 0.1) is 20.2 Å².